The first-order valence-corrected chi connectivity index (χ1v) is 14.3. The van der Waals surface area contributed by atoms with E-state index < -0.39 is 24.1 Å². The first-order chi connectivity index (χ1) is 19.3. The summed E-state index contributed by atoms with van der Waals surface area (Å²) in [7, 11) is 0. The van der Waals surface area contributed by atoms with Gasteiger partial charge < -0.3 is 28.8 Å². The fraction of sp³-hybridized carbons (Fsp3) is 0.471. The van der Waals surface area contributed by atoms with E-state index in [4.69, 9.17) is 23.7 Å². The van der Waals surface area contributed by atoms with Crippen LogP contribution in [0.1, 0.15) is 43.7 Å². The average molecular weight is 547 g/mol. The van der Waals surface area contributed by atoms with Crippen molar-refractivity contribution >= 4 is 0 Å². The Morgan fingerprint density at radius 1 is 0.900 bits per heavy atom. The molecule has 0 radical (unpaired) electrons. The second kappa shape index (κ2) is 12.9. The third kappa shape index (κ3) is 6.65. The van der Waals surface area contributed by atoms with Crippen molar-refractivity contribution in [3.05, 3.63) is 108 Å². The van der Waals surface area contributed by atoms with Gasteiger partial charge in [0.15, 0.2) is 5.79 Å². The molecule has 0 aromatic heterocycles. The Kier molecular flexibility index (Phi) is 9.36. The monoisotopic (exact) mass is 546 g/mol. The predicted octanol–water partition coefficient (Wildman–Crippen LogP) is 5.91. The van der Waals surface area contributed by atoms with Crippen LogP contribution in [0.25, 0.3) is 0 Å². The number of benzene rings is 2. The van der Waals surface area contributed by atoms with E-state index in [-0.39, 0.29) is 18.1 Å². The fourth-order valence-electron chi connectivity index (χ4n) is 5.84. The summed E-state index contributed by atoms with van der Waals surface area (Å²) in [5.74, 6) is -0.880. The molecule has 1 unspecified atom stereocenters. The summed E-state index contributed by atoms with van der Waals surface area (Å²) in [6.45, 7) is 16.8. The lowest BCUT2D eigenvalue weighted by molar-refractivity contribution is -0.308. The number of rotatable bonds is 9. The maximum absolute atomic E-state index is 11.1. The Labute approximate surface area is 238 Å². The standard InChI is InChI=1S/C34H42O6/c1-23-17-30(35)33(38-31(23)22-37-20-28-13-9-6-10-14-28)32-26(4)24(2)18-34(40-32)25(3)15-16-29(39-34)21-36-19-27-11-7-5-8-12-27/h5-14,24,29-33,35H,1,3-4,15-22H2,2H3/t24-,29?,30-,31-,32+,33-,34-/m0/s1. The minimum absolute atomic E-state index is 0.0909. The van der Waals surface area contributed by atoms with Gasteiger partial charge in [-0.25, -0.2) is 0 Å². The summed E-state index contributed by atoms with van der Waals surface area (Å²) in [6.07, 6.45) is 0.225. The van der Waals surface area contributed by atoms with Crippen LogP contribution in [0.15, 0.2) is 97.1 Å². The van der Waals surface area contributed by atoms with Gasteiger partial charge in [-0.1, -0.05) is 87.3 Å². The molecule has 2 aromatic carbocycles. The molecule has 6 heteroatoms. The molecule has 6 nitrogen and oxygen atoms in total. The van der Waals surface area contributed by atoms with Crippen molar-refractivity contribution in [2.75, 3.05) is 13.2 Å². The van der Waals surface area contributed by atoms with Gasteiger partial charge in [0.05, 0.1) is 38.6 Å². The molecule has 3 heterocycles. The van der Waals surface area contributed by atoms with Crippen molar-refractivity contribution in [2.45, 2.75) is 82.1 Å². The van der Waals surface area contributed by atoms with E-state index in [1.54, 1.807) is 0 Å². The molecule has 1 N–H and O–H groups in total. The van der Waals surface area contributed by atoms with Gasteiger partial charge in [0, 0.05) is 6.42 Å². The van der Waals surface area contributed by atoms with Gasteiger partial charge in [-0.15, -0.1) is 0 Å². The van der Waals surface area contributed by atoms with Crippen LogP contribution >= 0.6 is 0 Å². The predicted molar refractivity (Wildman–Crippen MR) is 154 cm³/mol. The highest BCUT2D eigenvalue weighted by Crippen LogP contribution is 2.47. The lowest BCUT2D eigenvalue weighted by Gasteiger charge is -2.52. The van der Waals surface area contributed by atoms with Crippen LogP contribution in [-0.4, -0.2) is 54.6 Å². The minimum Gasteiger partial charge on any atom is -0.390 e. The van der Waals surface area contributed by atoms with E-state index in [1.165, 1.54) is 0 Å². The minimum atomic E-state index is -0.971. The molecule has 3 aliphatic heterocycles. The van der Waals surface area contributed by atoms with Crippen molar-refractivity contribution in [3.8, 4) is 0 Å². The molecule has 40 heavy (non-hydrogen) atoms. The maximum atomic E-state index is 11.1. The zero-order valence-electron chi connectivity index (χ0n) is 23.5. The summed E-state index contributed by atoms with van der Waals surface area (Å²) in [6, 6.07) is 20.1. The van der Waals surface area contributed by atoms with Crippen LogP contribution in [0.2, 0.25) is 0 Å². The molecule has 7 atom stereocenters. The smallest absolute Gasteiger partial charge is 0.192 e. The van der Waals surface area contributed by atoms with Gasteiger partial charge in [0.1, 0.15) is 18.3 Å². The zero-order valence-corrected chi connectivity index (χ0v) is 23.5. The molecule has 5 rings (SSSR count). The Bertz CT molecular complexity index is 1160. The largest absolute Gasteiger partial charge is 0.390 e. The van der Waals surface area contributed by atoms with Gasteiger partial charge in [-0.2, -0.15) is 0 Å². The Hall–Kier alpha value is -2.58. The van der Waals surface area contributed by atoms with Gasteiger partial charge in [-0.05, 0) is 53.0 Å². The molecule has 1 spiro atoms. The van der Waals surface area contributed by atoms with Crippen molar-refractivity contribution in [2.24, 2.45) is 5.92 Å². The van der Waals surface area contributed by atoms with Crippen LogP contribution in [0.4, 0.5) is 0 Å². The average Bonchev–Trinajstić information content (AvgIpc) is 2.95. The SMILES string of the molecule is C=C1C[C@H](O)[C@@H]([C@@H]2O[C@]3(C[C@H](C)C2=C)OC(COCc2ccccc2)CCC3=C)O[C@H]1COCc1ccccc1. The number of hydrogen-bond donors (Lipinski definition) is 1. The van der Waals surface area contributed by atoms with Crippen molar-refractivity contribution in [3.63, 3.8) is 0 Å². The highest BCUT2D eigenvalue weighted by molar-refractivity contribution is 5.24. The van der Waals surface area contributed by atoms with E-state index >= 15 is 0 Å². The second-order valence-corrected chi connectivity index (χ2v) is 11.4. The van der Waals surface area contributed by atoms with E-state index in [0.717, 1.165) is 40.7 Å². The molecular weight excluding hydrogens is 504 g/mol. The summed E-state index contributed by atoms with van der Waals surface area (Å²) in [4.78, 5) is 0. The molecule has 0 amide bonds. The highest BCUT2D eigenvalue weighted by atomic mass is 16.7. The lowest BCUT2D eigenvalue weighted by atomic mass is 9.79. The van der Waals surface area contributed by atoms with E-state index in [1.807, 2.05) is 48.5 Å². The molecule has 2 aromatic rings. The lowest BCUT2D eigenvalue weighted by Crippen LogP contribution is -2.59. The molecule has 0 aliphatic carbocycles. The van der Waals surface area contributed by atoms with E-state index in [2.05, 4.69) is 38.8 Å². The first-order valence-electron chi connectivity index (χ1n) is 14.3. The van der Waals surface area contributed by atoms with Crippen molar-refractivity contribution in [1.29, 1.82) is 0 Å². The summed E-state index contributed by atoms with van der Waals surface area (Å²) in [5, 5.41) is 11.1. The number of ether oxygens (including phenoxy) is 5. The molecule has 0 saturated carbocycles. The molecular formula is C34H42O6. The Morgan fingerprint density at radius 2 is 1.52 bits per heavy atom. The maximum Gasteiger partial charge on any atom is 0.192 e. The van der Waals surface area contributed by atoms with Crippen LogP contribution in [-0.2, 0) is 36.9 Å². The van der Waals surface area contributed by atoms with Crippen LogP contribution < -0.4 is 0 Å². The van der Waals surface area contributed by atoms with Gasteiger partial charge in [0.25, 0.3) is 0 Å². The first kappa shape index (κ1) is 28.9. The number of aliphatic hydroxyl groups is 1. The van der Waals surface area contributed by atoms with E-state index in [9.17, 15) is 5.11 Å². The molecule has 3 aliphatic rings. The molecule has 3 fully saturated rings. The third-order valence-corrected chi connectivity index (χ3v) is 8.28. The third-order valence-electron chi connectivity index (χ3n) is 8.28. The number of hydrogen-bond acceptors (Lipinski definition) is 6. The topological polar surface area (TPSA) is 66.4 Å². The normalized spacial score (nSPS) is 32.9. The van der Waals surface area contributed by atoms with Gasteiger partial charge in [0.2, 0.25) is 0 Å². The van der Waals surface area contributed by atoms with E-state index in [0.29, 0.717) is 39.3 Å². The molecule has 3 saturated heterocycles. The van der Waals surface area contributed by atoms with Crippen LogP contribution in [0, 0.1) is 5.92 Å². The Balaban J connectivity index is 1.24. The zero-order chi connectivity index (χ0) is 28.1. The van der Waals surface area contributed by atoms with Gasteiger partial charge >= 0.3 is 0 Å². The molecule has 0 bridgehead atoms. The van der Waals surface area contributed by atoms with Gasteiger partial charge in [-0.3, -0.25) is 0 Å². The summed E-state index contributed by atoms with van der Waals surface area (Å²) >= 11 is 0. The van der Waals surface area contributed by atoms with Crippen LogP contribution in [0.3, 0.4) is 0 Å². The summed E-state index contributed by atoms with van der Waals surface area (Å²) < 4.78 is 31.8. The van der Waals surface area contributed by atoms with Crippen molar-refractivity contribution < 1.29 is 28.8 Å². The summed E-state index contributed by atoms with van der Waals surface area (Å²) in [5.41, 5.74) is 4.84. The fourth-order valence-corrected chi connectivity index (χ4v) is 5.84. The Morgan fingerprint density at radius 3 is 2.17 bits per heavy atom. The highest BCUT2D eigenvalue weighted by Gasteiger charge is 2.52. The van der Waals surface area contributed by atoms with Crippen molar-refractivity contribution in [1.82, 2.24) is 0 Å². The number of aliphatic hydroxyl groups excluding tert-OH is 1. The van der Waals surface area contributed by atoms with Crippen LogP contribution in [0.5, 0.6) is 0 Å². The quantitative estimate of drug-likeness (QED) is 0.395. The molecule has 214 valence electrons. The second-order valence-electron chi connectivity index (χ2n) is 11.4.